The molecule has 1 aliphatic carbocycles. The summed E-state index contributed by atoms with van der Waals surface area (Å²) in [6.45, 7) is 6.39. The molecule has 1 saturated heterocycles. The maximum Gasteiger partial charge on any atom is 0.225 e. The highest BCUT2D eigenvalue weighted by atomic mass is 15.3. The third kappa shape index (κ3) is 3.71. The molecule has 2 atom stereocenters. The molecule has 2 unspecified atom stereocenters. The van der Waals surface area contributed by atoms with Crippen LogP contribution in [0.15, 0.2) is 18.5 Å². The van der Waals surface area contributed by atoms with Gasteiger partial charge >= 0.3 is 0 Å². The highest BCUT2D eigenvalue weighted by Crippen LogP contribution is 2.30. The summed E-state index contributed by atoms with van der Waals surface area (Å²) < 4.78 is 0. The lowest BCUT2D eigenvalue weighted by atomic mass is 9.79. The molecule has 2 heterocycles. The first-order valence-corrected chi connectivity index (χ1v) is 8.31. The second-order valence-electron chi connectivity index (χ2n) is 6.38. The zero-order valence-electron chi connectivity index (χ0n) is 12.8. The first kappa shape index (κ1) is 14.7. The molecule has 116 valence electrons. The van der Waals surface area contributed by atoms with E-state index >= 15 is 0 Å². The summed E-state index contributed by atoms with van der Waals surface area (Å²) in [4.78, 5) is 13.6. The molecule has 1 aromatic rings. The fourth-order valence-electron chi connectivity index (χ4n) is 3.75. The summed E-state index contributed by atoms with van der Waals surface area (Å²) in [6.07, 6.45) is 9.10. The summed E-state index contributed by atoms with van der Waals surface area (Å²) in [5.41, 5.74) is 5.95. The largest absolute Gasteiger partial charge is 0.338 e. The number of piperazine rings is 1. The Labute approximate surface area is 127 Å². The number of nitrogens with zero attached hydrogens (tertiary/aromatic N) is 4. The molecule has 3 rings (SSSR count). The molecule has 0 spiro atoms. The van der Waals surface area contributed by atoms with Crippen LogP contribution >= 0.6 is 0 Å². The molecule has 21 heavy (non-hydrogen) atoms. The summed E-state index contributed by atoms with van der Waals surface area (Å²) in [5, 5.41) is 0. The van der Waals surface area contributed by atoms with Crippen molar-refractivity contribution in [3.8, 4) is 0 Å². The van der Waals surface area contributed by atoms with Gasteiger partial charge in [0, 0.05) is 45.1 Å². The van der Waals surface area contributed by atoms with E-state index in [1.54, 1.807) is 0 Å². The second kappa shape index (κ2) is 7.18. The minimum atomic E-state index is 0.745. The number of rotatable bonds is 4. The molecule has 2 fully saturated rings. The van der Waals surface area contributed by atoms with Crippen LogP contribution in [0.3, 0.4) is 0 Å². The van der Waals surface area contributed by atoms with Crippen molar-refractivity contribution in [3.05, 3.63) is 18.5 Å². The number of hydrogen-bond acceptors (Lipinski definition) is 5. The van der Waals surface area contributed by atoms with E-state index in [1.165, 1.54) is 32.2 Å². The first-order chi connectivity index (χ1) is 10.4. The standard InChI is InChI=1S/C16H27N5/c17-12-14-4-1-2-5-15(14)13-20-8-10-21(11-9-20)16-18-6-3-7-19-16/h3,6-7,14-15H,1-2,4-5,8-13,17H2. The number of hydrogen-bond donors (Lipinski definition) is 1. The Bertz CT molecular complexity index is 416. The predicted molar refractivity (Wildman–Crippen MR) is 85.2 cm³/mol. The van der Waals surface area contributed by atoms with Crippen LogP contribution in [0.2, 0.25) is 0 Å². The summed E-state index contributed by atoms with van der Waals surface area (Å²) in [5.74, 6) is 2.42. The fourth-order valence-corrected chi connectivity index (χ4v) is 3.75. The Balaban J connectivity index is 1.49. The quantitative estimate of drug-likeness (QED) is 0.907. The fraction of sp³-hybridized carbons (Fsp3) is 0.750. The lowest BCUT2D eigenvalue weighted by Gasteiger charge is -2.39. The molecular formula is C16H27N5. The molecule has 5 heteroatoms. The molecule has 0 radical (unpaired) electrons. The molecule has 5 nitrogen and oxygen atoms in total. The summed E-state index contributed by atoms with van der Waals surface area (Å²) in [7, 11) is 0. The summed E-state index contributed by atoms with van der Waals surface area (Å²) >= 11 is 0. The van der Waals surface area contributed by atoms with E-state index in [4.69, 9.17) is 5.73 Å². The van der Waals surface area contributed by atoms with Crippen molar-refractivity contribution in [1.29, 1.82) is 0 Å². The van der Waals surface area contributed by atoms with Crippen molar-refractivity contribution in [2.75, 3.05) is 44.2 Å². The Hall–Kier alpha value is -1.20. The van der Waals surface area contributed by atoms with Crippen LogP contribution in [0.5, 0.6) is 0 Å². The Kier molecular flexibility index (Phi) is 5.04. The maximum atomic E-state index is 5.95. The number of anilines is 1. The minimum Gasteiger partial charge on any atom is -0.338 e. The van der Waals surface area contributed by atoms with Gasteiger partial charge in [-0.05, 0) is 37.3 Å². The van der Waals surface area contributed by atoms with Crippen LogP contribution in [0.1, 0.15) is 25.7 Å². The van der Waals surface area contributed by atoms with Crippen LogP contribution in [-0.4, -0.2) is 54.1 Å². The normalized spacial score (nSPS) is 27.8. The second-order valence-corrected chi connectivity index (χ2v) is 6.38. The van der Waals surface area contributed by atoms with Crippen molar-refractivity contribution in [3.63, 3.8) is 0 Å². The third-order valence-corrected chi connectivity index (χ3v) is 5.07. The smallest absolute Gasteiger partial charge is 0.225 e. The van der Waals surface area contributed by atoms with Gasteiger partial charge in [0.15, 0.2) is 0 Å². The molecular weight excluding hydrogens is 262 g/mol. The Morgan fingerprint density at radius 3 is 2.33 bits per heavy atom. The average Bonchev–Trinajstić information content (AvgIpc) is 2.57. The molecule has 2 N–H and O–H groups in total. The lowest BCUT2D eigenvalue weighted by Crippen LogP contribution is -2.49. The number of aromatic nitrogens is 2. The van der Waals surface area contributed by atoms with Gasteiger partial charge in [-0.2, -0.15) is 0 Å². The maximum absolute atomic E-state index is 5.95. The topological polar surface area (TPSA) is 58.3 Å². The van der Waals surface area contributed by atoms with Gasteiger partial charge in [0.05, 0.1) is 0 Å². The third-order valence-electron chi connectivity index (χ3n) is 5.07. The van der Waals surface area contributed by atoms with Crippen LogP contribution < -0.4 is 10.6 Å². The zero-order chi connectivity index (χ0) is 14.5. The van der Waals surface area contributed by atoms with Gasteiger partial charge in [0.2, 0.25) is 5.95 Å². The first-order valence-electron chi connectivity index (χ1n) is 8.31. The summed E-state index contributed by atoms with van der Waals surface area (Å²) in [6, 6.07) is 1.87. The van der Waals surface area contributed by atoms with Crippen molar-refractivity contribution in [2.45, 2.75) is 25.7 Å². The van der Waals surface area contributed by atoms with E-state index in [0.717, 1.165) is 50.5 Å². The Morgan fingerprint density at radius 2 is 1.67 bits per heavy atom. The zero-order valence-corrected chi connectivity index (χ0v) is 12.8. The van der Waals surface area contributed by atoms with Gasteiger partial charge in [-0.1, -0.05) is 12.8 Å². The lowest BCUT2D eigenvalue weighted by molar-refractivity contribution is 0.148. The monoisotopic (exact) mass is 289 g/mol. The van der Waals surface area contributed by atoms with E-state index in [2.05, 4.69) is 19.8 Å². The van der Waals surface area contributed by atoms with Gasteiger partial charge < -0.3 is 10.6 Å². The molecule has 2 aliphatic rings. The highest BCUT2D eigenvalue weighted by Gasteiger charge is 2.27. The van der Waals surface area contributed by atoms with E-state index < -0.39 is 0 Å². The minimum absolute atomic E-state index is 0.745. The average molecular weight is 289 g/mol. The number of nitrogens with two attached hydrogens (primary N) is 1. The van der Waals surface area contributed by atoms with E-state index in [-0.39, 0.29) is 0 Å². The van der Waals surface area contributed by atoms with Crippen LogP contribution in [0.25, 0.3) is 0 Å². The highest BCUT2D eigenvalue weighted by molar-refractivity contribution is 5.29. The molecule has 0 bridgehead atoms. The van der Waals surface area contributed by atoms with E-state index in [1.807, 2.05) is 18.5 Å². The van der Waals surface area contributed by atoms with Gasteiger partial charge in [0.25, 0.3) is 0 Å². The molecule has 1 aromatic heterocycles. The van der Waals surface area contributed by atoms with Gasteiger partial charge in [-0.25, -0.2) is 9.97 Å². The van der Waals surface area contributed by atoms with Gasteiger partial charge in [0.1, 0.15) is 0 Å². The molecule has 0 amide bonds. The van der Waals surface area contributed by atoms with Crippen LogP contribution in [0.4, 0.5) is 5.95 Å². The molecule has 0 aromatic carbocycles. The van der Waals surface area contributed by atoms with Crippen molar-refractivity contribution in [2.24, 2.45) is 17.6 Å². The Morgan fingerprint density at radius 1 is 1.00 bits per heavy atom. The van der Waals surface area contributed by atoms with E-state index in [0.29, 0.717) is 0 Å². The van der Waals surface area contributed by atoms with Gasteiger partial charge in [-0.15, -0.1) is 0 Å². The predicted octanol–water partition coefficient (Wildman–Crippen LogP) is 1.36. The van der Waals surface area contributed by atoms with Crippen molar-refractivity contribution in [1.82, 2.24) is 14.9 Å². The molecule has 1 saturated carbocycles. The SMILES string of the molecule is NCC1CCCCC1CN1CCN(c2ncccn2)CC1. The van der Waals surface area contributed by atoms with Gasteiger partial charge in [-0.3, -0.25) is 4.90 Å². The van der Waals surface area contributed by atoms with Crippen LogP contribution in [-0.2, 0) is 0 Å². The molecule has 1 aliphatic heterocycles. The van der Waals surface area contributed by atoms with E-state index in [9.17, 15) is 0 Å². The van der Waals surface area contributed by atoms with Crippen LogP contribution in [0, 0.1) is 11.8 Å². The van der Waals surface area contributed by atoms with Crippen molar-refractivity contribution >= 4 is 5.95 Å². The van der Waals surface area contributed by atoms with Crippen molar-refractivity contribution < 1.29 is 0 Å².